The lowest BCUT2D eigenvalue weighted by atomic mass is 10.2. The van der Waals surface area contributed by atoms with Gasteiger partial charge in [0.15, 0.2) is 11.5 Å². The number of hydrogen-bond donors (Lipinski definition) is 2. The third-order valence-corrected chi connectivity index (χ3v) is 3.84. The summed E-state index contributed by atoms with van der Waals surface area (Å²) in [5, 5.41) is 3.16. The molecule has 6 heteroatoms. The van der Waals surface area contributed by atoms with E-state index in [-0.39, 0.29) is 12.4 Å². The van der Waals surface area contributed by atoms with Crippen LogP contribution in [-0.4, -0.2) is 16.8 Å². The lowest BCUT2D eigenvalue weighted by molar-refractivity contribution is 0.174. The van der Waals surface area contributed by atoms with Crippen molar-refractivity contribution in [2.24, 2.45) is 0 Å². The van der Waals surface area contributed by atoms with Crippen molar-refractivity contribution in [3.8, 4) is 11.5 Å². The molecule has 2 heterocycles. The first-order chi connectivity index (χ1) is 10.3. The third-order valence-electron chi connectivity index (χ3n) is 3.84. The van der Waals surface area contributed by atoms with E-state index in [0.29, 0.717) is 12.5 Å². The molecular weight excluding hydrogens is 270 g/mol. The molecule has 2 aromatic rings. The van der Waals surface area contributed by atoms with Gasteiger partial charge in [-0.2, -0.15) is 0 Å². The number of ether oxygens (including phenoxy) is 2. The topological polar surface area (TPSA) is 76.2 Å². The maximum absolute atomic E-state index is 11.9. The van der Waals surface area contributed by atoms with Gasteiger partial charge in [0.2, 0.25) is 12.7 Å². The van der Waals surface area contributed by atoms with Crippen LogP contribution in [0.4, 0.5) is 5.95 Å². The van der Waals surface area contributed by atoms with Crippen LogP contribution in [0, 0.1) is 0 Å². The summed E-state index contributed by atoms with van der Waals surface area (Å²) in [4.78, 5) is 19.2. The van der Waals surface area contributed by atoms with E-state index < -0.39 is 0 Å². The molecule has 0 unspecified atom stereocenters. The lowest BCUT2D eigenvalue weighted by Gasteiger charge is -2.08. The molecule has 2 N–H and O–H groups in total. The first-order valence-electron chi connectivity index (χ1n) is 7.04. The highest BCUT2D eigenvalue weighted by Gasteiger charge is 2.17. The zero-order chi connectivity index (χ0) is 14.2. The fourth-order valence-corrected chi connectivity index (χ4v) is 2.76. The first-order valence-corrected chi connectivity index (χ1v) is 7.04. The standard InChI is InChI=1S/C15H15N3O3/c19-14-10-2-1-3-11(10)17-15(18-14)16-7-9-4-5-12-13(6-9)21-8-20-12/h4-6H,1-3,7-8H2,(H2,16,17,18,19). The average Bonchev–Trinajstić information content (AvgIpc) is 3.13. The Kier molecular flexibility index (Phi) is 2.80. The number of benzene rings is 1. The average molecular weight is 285 g/mol. The predicted molar refractivity (Wildman–Crippen MR) is 76.8 cm³/mol. The van der Waals surface area contributed by atoms with Crippen molar-refractivity contribution in [3.05, 3.63) is 45.4 Å². The fraction of sp³-hybridized carbons (Fsp3) is 0.333. The number of H-pyrrole nitrogens is 1. The van der Waals surface area contributed by atoms with E-state index in [4.69, 9.17) is 9.47 Å². The van der Waals surface area contributed by atoms with E-state index in [1.807, 2.05) is 18.2 Å². The van der Waals surface area contributed by atoms with Gasteiger partial charge in [0.1, 0.15) is 0 Å². The zero-order valence-corrected chi connectivity index (χ0v) is 11.4. The van der Waals surface area contributed by atoms with Gasteiger partial charge in [0.05, 0.1) is 5.69 Å². The lowest BCUT2D eigenvalue weighted by Crippen LogP contribution is -2.17. The Bertz CT molecular complexity index is 754. The van der Waals surface area contributed by atoms with Gasteiger partial charge in [-0.3, -0.25) is 9.78 Å². The van der Waals surface area contributed by atoms with Crippen LogP contribution in [0.5, 0.6) is 11.5 Å². The van der Waals surface area contributed by atoms with Gasteiger partial charge in [-0.25, -0.2) is 4.98 Å². The third kappa shape index (κ3) is 2.22. The van der Waals surface area contributed by atoms with E-state index in [9.17, 15) is 4.79 Å². The van der Waals surface area contributed by atoms with E-state index >= 15 is 0 Å². The maximum Gasteiger partial charge on any atom is 0.255 e. The molecule has 1 aliphatic heterocycles. The van der Waals surface area contributed by atoms with Crippen molar-refractivity contribution in [1.82, 2.24) is 9.97 Å². The predicted octanol–water partition coefficient (Wildman–Crippen LogP) is 1.60. The van der Waals surface area contributed by atoms with Crippen molar-refractivity contribution in [2.45, 2.75) is 25.8 Å². The SMILES string of the molecule is O=c1[nH]c(NCc2ccc3c(c2)OCO3)nc2c1CCC2. The monoisotopic (exact) mass is 285 g/mol. The molecule has 0 saturated heterocycles. The second-order valence-electron chi connectivity index (χ2n) is 5.23. The van der Waals surface area contributed by atoms with E-state index in [1.165, 1.54) is 0 Å². The zero-order valence-electron chi connectivity index (χ0n) is 11.4. The Morgan fingerprint density at radius 2 is 2.14 bits per heavy atom. The minimum atomic E-state index is -0.0225. The van der Waals surface area contributed by atoms with Crippen LogP contribution in [0.1, 0.15) is 23.2 Å². The number of aryl methyl sites for hydroxylation is 1. The van der Waals surface area contributed by atoms with Crippen molar-refractivity contribution >= 4 is 5.95 Å². The quantitative estimate of drug-likeness (QED) is 0.895. The van der Waals surface area contributed by atoms with Gasteiger partial charge in [0.25, 0.3) is 5.56 Å². The van der Waals surface area contributed by atoms with Crippen LogP contribution in [0.3, 0.4) is 0 Å². The van der Waals surface area contributed by atoms with Gasteiger partial charge in [-0.1, -0.05) is 6.07 Å². The summed E-state index contributed by atoms with van der Waals surface area (Å²) in [7, 11) is 0. The molecular formula is C15H15N3O3. The smallest absolute Gasteiger partial charge is 0.255 e. The number of nitrogens with zero attached hydrogens (tertiary/aromatic N) is 1. The van der Waals surface area contributed by atoms with E-state index in [2.05, 4.69) is 15.3 Å². The van der Waals surface area contributed by atoms with Crippen molar-refractivity contribution < 1.29 is 9.47 Å². The van der Waals surface area contributed by atoms with Crippen molar-refractivity contribution in [1.29, 1.82) is 0 Å². The molecule has 2 aliphatic rings. The summed E-state index contributed by atoms with van der Waals surface area (Å²) in [5.74, 6) is 2.05. The number of hydrogen-bond acceptors (Lipinski definition) is 5. The minimum absolute atomic E-state index is 0.0225. The summed E-state index contributed by atoms with van der Waals surface area (Å²) in [5.41, 5.74) is 2.78. The second kappa shape index (κ2) is 4.80. The van der Waals surface area contributed by atoms with Crippen LogP contribution >= 0.6 is 0 Å². The summed E-state index contributed by atoms with van der Waals surface area (Å²) in [6.07, 6.45) is 2.73. The van der Waals surface area contributed by atoms with Gasteiger partial charge < -0.3 is 14.8 Å². The molecule has 0 spiro atoms. The molecule has 1 aliphatic carbocycles. The highest BCUT2D eigenvalue weighted by Crippen LogP contribution is 2.32. The van der Waals surface area contributed by atoms with Gasteiger partial charge in [-0.05, 0) is 37.0 Å². The molecule has 0 amide bonds. The van der Waals surface area contributed by atoms with Crippen LogP contribution in [0.25, 0.3) is 0 Å². The summed E-state index contributed by atoms with van der Waals surface area (Å²) >= 11 is 0. The van der Waals surface area contributed by atoms with Crippen molar-refractivity contribution in [3.63, 3.8) is 0 Å². The highest BCUT2D eigenvalue weighted by molar-refractivity contribution is 5.45. The van der Waals surface area contributed by atoms with Gasteiger partial charge in [-0.15, -0.1) is 0 Å². The molecule has 1 aromatic heterocycles. The Balaban J connectivity index is 1.52. The molecule has 108 valence electrons. The Labute approximate surface area is 121 Å². The van der Waals surface area contributed by atoms with Crippen LogP contribution in [-0.2, 0) is 19.4 Å². The second-order valence-corrected chi connectivity index (χ2v) is 5.23. The Hall–Kier alpha value is -2.50. The Morgan fingerprint density at radius 3 is 3.10 bits per heavy atom. The molecule has 0 bridgehead atoms. The highest BCUT2D eigenvalue weighted by atomic mass is 16.7. The summed E-state index contributed by atoms with van der Waals surface area (Å²) in [6.45, 7) is 0.838. The van der Waals surface area contributed by atoms with Gasteiger partial charge >= 0.3 is 0 Å². The fourth-order valence-electron chi connectivity index (χ4n) is 2.76. The largest absolute Gasteiger partial charge is 0.454 e. The van der Waals surface area contributed by atoms with E-state index in [1.54, 1.807) is 0 Å². The number of fused-ring (bicyclic) bond motifs is 2. The first kappa shape index (κ1) is 12.3. The summed E-state index contributed by atoms with van der Waals surface area (Å²) in [6, 6.07) is 5.78. The molecule has 6 nitrogen and oxygen atoms in total. The maximum atomic E-state index is 11.9. The molecule has 4 rings (SSSR count). The van der Waals surface area contributed by atoms with Crippen LogP contribution < -0.4 is 20.3 Å². The molecule has 0 fully saturated rings. The number of aromatic amines is 1. The Morgan fingerprint density at radius 1 is 1.24 bits per heavy atom. The minimum Gasteiger partial charge on any atom is -0.454 e. The normalized spacial score (nSPS) is 15.0. The number of rotatable bonds is 3. The van der Waals surface area contributed by atoms with E-state index in [0.717, 1.165) is 47.6 Å². The van der Waals surface area contributed by atoms with Crippen LogP contribution in [0.15, 0.2) is 23.0 Å². The van der Waals surface area contributed by atoms with Gasteiger partial charge in [0, 0.05) is 12.1 Å². The molecule has 0 atom stereocenters. The van der Waals surface area contributed by atoms with Crippen LogP contribution in [0.2, 0.25) is 0 Å². The number of nitrogens with one attached hydrogen (secondary N) is 2. The molecule has 21 heavy (non-hydrogen) atoms. The number of aromatic nitrogens is 2. The number of anilines is 1. The molecule has 0 saturated carbocycles. The van der Waals surface area contributed by atoms with Crippen molar-refractivity contribution in [2.75, 3.05) is 12.1 Å². The molecule has 1 aromatic carbocycles. The molecule has 0 radical (unpaired) electrons. The summed E-state index contributed by atoms with van der Waals surface area (Å²) < 4.78 is 10.6.